The second-order valence-electron chi connectivity index (χ2n) is 3.68. The summed E-state index contributed by atoms with van der Waals surface area (Å²) in [5.74, 6) is 0. The molecule has 0 unspecified atom stereocenters. The van der Waals surface area contributed by atoms with Crippen LogP contribution in [0.15, 0.2) is 18.2 Å². The molecule has 0 aliphatic heterocycles. The second-order valence-corrected chi connectivity index (χ2v) is 11.2. The van der Waals surface area contributed by atoms with Crippen molar-refractivity contribution in [2.24, 2.45) is 0 Å². The first-order valence-electron chi connectivity index (χ1n) is 4.49. The third-order valence-electron chi connectivity index (χ3n) is 2.09. The van der Waals surface area contributed by atoms with Gasteiger partial charge in [0.1, 0.15) is 0 Å². The van der Waals surface area contributed by atoms with Crippen LogP contribution in [0.2, 0.25) is 6.55 Å². The molecule has 0 atom stereocenters. The highest BCUT2D eigenvalue weighted by atomic mass is 35.7. The highest BCUT2D eigenvalue weighted by Gasteiger charge is 2.39. The summed E-state index contributed by atoms with van der Waals surface area (Å²) in [6.07, 6.45) is -9.77. The van der Waals surface area contributed by atoms with Gasteiger partial charge >= 0.3 is 12.4 Å². The van der Waals surface area contributed by atoms with Crippen molar-refractivity contribution in [2.75, 3.05) is 0 Å². The predicted octanol–water partition coefficient (Wildman–Crippen LogP) is 4.48. The quantitative estimate of drug-likeness (QED) is 0.405. The summed E-state index contributed by atoms with van der Waals surface area (Å²) in [5, 5.41) is -0.326. The number of alkyl halides is 6. The summed E-state index contributed by atoms with van der Waals surface area (Å²) < 4.78 is 74.9. The molecule has 0 N–H and O–H groups in total. The lowest BCUT2D eigenvalue weighted by Gasteiger charge is -2.17. The fourth-order valence-electron chi connectivity index (χ4n) is 1.21. The first-order valence-corrected chi connectivity index (χ1v) is 9.02. The number of hydrogen-bond acceptors (Lipinski definition) is 0. The molecule has 0 aromatic heterocycles. The van der Waals surface area contributed by atoms with Crippen molar-refractivity contribution in [3.05, 3.63) is 29.3 Å². The molecule has 9 heteroatoms. The molecule has 0 aliphatic rings. The zero-order valence-electron chi connectivity index (χ0n) is 8.76. The largest absolute Gasteiger partial charge is 0.416 e. The van der Waals surface area contributed by atoms with E-state index in [4.69, 9.17) is 22.2 Å². The Balaban J connectivity index is 3.49. The highest BCUT2D eigenvalue weighted by molar-refractivity contribution is 7.50. The van der Waals surface area contributed by atoms with Crippen LogP contribution in [0.1, 0.15) is 11.1 Å². The SMILES string of the molecule is C[Si](Cl)(Cl)c1cc(C(F)(F)F)cc(C(F)(F)F)c1. The molecule has 0 heterocycles. The van der Waals surface area contributed by atoms with Gasteiger partial charge in [0, 0.05) is 0 Å². The van der Waals surface area contributed by atoms with E-state index in [1.165, 1.54) is 6.55 Å². The molecule has 0 radical (unpaired) electrons. The van der Waals surface area contributed by atoms with Crippen LogP contribution in [0.25, 0.3) is 0 Å². The molecule has 0 nitrogen and oxygen atoms in total. The van der Waals surface area contributed by atoms with E-state index in [-0.39, 0.29) is 11.3 Å². The zero-order valence-corrected chi connectivity index (χ0v) is 11.3. The molecule has 1 aromatic rings. The van der Waals surface area contributed by atoms with Crippen LogP contribution in [0.5, 0.6) is 0 Å². The van der Waals surface area contributed by atoms with Gasteiger partial charge in [0.25, 0.3) is 6.69 Å². The summed E-state index contributed by atoms with van der Waals surface area (Å²) in [6, 6.07) is 1.15. The van der Waals surface area contributed by atoms with Gasteiger partial charge in [0.2, 0.25) is 0 Å². The van der Waals surface area contributed by atoms with Crippen molar-refractivity contribution in [2.45, 2.75) is 18.9 Å². The monoisotopic (exact) mass is 326 g/mol. The zero-order chi connectivity index (χ0) is 14.4. The first kappa shape index (κ1) is 15.7. The fourth-order valence-corrected chi connectivity index (χ4v) is 2.68. The van der Waals surface area contributed by atoms with Crippen molar-refractivity contribution in [1.29, 1.82) is 0 Å². The Morgan fingerprint density at radius 3 is 1.39 bits per heavy atom. The molecule has 0 amide bonds. The van der Waals surface area contributed by atoms with Gasteiger partial charge in [-0.3, -0.25) is 0 Å². The number of rotatable bonds is 1. The Morgan fingerprint density at radius 1 is 0.833 bits per heavy atom. The molecule has 0 spiro atoms. The molecular weight excluding hydrogens is 321 g/mol. The smallest absolute Gasteiger partial charge is 0.166 e. The van der Waals surface area contributed by atoms with E-state index in [0.717, 1.165) is 0 Å². The maximum atomic E-state index is 12.5. The Labute approximate surface area is 109 Å². The number of halogens is 8. The molecular formula is C9H6Cl2F6Si. The van der Waals surface area contributed by atoms with Crippen LogP contribution >= 0.6 is 22.2 Å². The van der Waals surface area contributed by atoms with Crippen molar-refractivity contribution < 1.29 is 26.3 Å². The Bertz CT molecular complexity index is 367. The third kappa shape index (κ3) is 3.79. The van der Waals surface area contributed by atoms with Crippen LogP contribution < -0.4 is 5.19 Å². The van der Waals surface area contributed by atoms with Gasteiger partial charge in [-0.1, -0.05) is 0 Å². The maximum Gasteiger partial charge on any atom is 0.416 e. The lowest BCUT2D eigenvalue weighted by Crippen LogP contribution is -2.34. The average Bonchev–Trinajstić information content (AvgIpc) is 2.13. The lowest BCUT2D eigenvalue weighted by molar-refractivity contribution is -0.142. The average molecular weight is 327 g/mol. The van der Waals surface area contributed by atoms with Gasteiger partial charge in [-0.05, 0) is 29.9 Å². The molecule has 0 saturated carbocycles. The Kier molecular flexibility index (Phi) is 4.01. The van der Waals surface area contributed by atoms with Crippen molar-refractivity contribution in [3.63, 3.8) is 0 Å². The van der Waals surface area contributed by atoms with Gasteiger partial charge in [0.05, 0.1) is 11.1 Å². The van der Waals surface area contributed by atoms with Crippen molar-refractivity contribution in [1.82, 2.24) is 0 Å². The summed E-state index contributed by atoms with van der Waals surface area (Å²) in [5.41, 5.74) is -2.82. The Morgan fingerprint density at radius 2 is 1.17 bits per heavy atom. The lowest BCUT2D eigenvalue weighted by atomic mass is 10.1. The van der Waals surface area contributed by atoms with Crippen LogP contribution in [0, 0.1) is 0 Å². The van der Waals surface area contributed by atoms with Crippen LogP contribution in [-0.4, -0.2) is 6.69 Å². The highest BCUT2D eigenvalue weighted by Crippen LogP contribution is 2.35. The molecule has 102 valence electrons. The molecule has 0 bridgehead atoms. The van der Waals surface area contributed by atoms with E-state index in [1.54, 1.807) is 0 Å². The Hall–Kier alpha value is -0.403. The van der Waals surface area contributed by atoms with Crippen LogP contribution in [0.3, 0.4) is 0 Å². The van der Waals surface area contributed by atoms with Crippen LogP contribution in [0.4, 0.5) is 26.3 Å². The summed E-state index contributed by atoms with van der Waals surface area (Å²) in [6.45, 7) is -2.08. The number of benzene rings is 1. The van der Waals surface area contributed by atoms with Crippen molar-refractivity contribution in [3.8, 4) is 0 Å². The summed E-state index contributed by atoms with van der Waals surface area (Å²) in [4.78, 5) is 0. The second kappa shape index (κ2) is 4.61. The van der Waals surface area contributed by atoms with Crippen molar-refractivity contribution >= 4 is 34.0 Å². The van der Waals surface area contributed by atoms with E-state index in [9.17, 15) is 26.3 Å². The molecule has 18 heavy (non-hydrogen) atoms. The van der Waals surface area contributed by atoms with E-state index in [2.05, 4.69) is 0 Å². The third-order valence-corrected chi connectivity index (χ3v) is 4.71. The van der Waals surface area contributed by atoms with Gasteiger partial charge in [-0.25, -0.2) is 0 Å². The van der Waals surface area contributed by atoms with Gasteiger partial charge in [0.15, 0.2) is 0 Å². The van der Waals surface area contributed by atoms with E-state index in [0.29, 0.717) is 12.1 Å². The van der Waals surface area contributed by atoms with Gasteiger partial charge < -0.3 is 0 Å². The van der Waals surface area contributed by atoms with Crippen LogP contribution in [-0.2, 0) is 12.4 Å². The molecule has 1 rings (SSSR count). The minimum Gasteiger partial charge on any atom is -0.166 e. The fraction of sp³-hybridized carbons (Fsp3) is 0.333. The topological polar surface area (TPSA) is 0 Å². The predicted molar refractivity (Wildman–Crippen MR) is 59.4 cm³/mol. The minimum atomic E-state index is -4.89. The minimum absolute atomic E-state index is 0.0391. The van der Waals surface area contributed by atoms with Gasteiger partial charge in [-0.2, -0.15) is 26.3 Å². The molecule has 1 aromatic carbocycles. The van der Waals surface area contributed by atoms with E-state index >= 15 is 0 Å². The summed E-state index contributed by atoms with van der Waals surface area (Å²) in [7, 11) is 0. The standard InChI is InChI=1S/C9H6Cl2F6Si/c1-18(10,11)7-3-5(8(12,13)14)2-6(4-7)9(15,16)17/h2-4H,1H3. The maximum absolute atomic E-state index is 12.5. The van der Waals surface area contributed by atoms with Gasteiger partial charge in [-0.15, -0.1) is 22.2 Å². The summed E-state index contributed by atoms with van der Waals surface area (Å²) >= 11 is 11.3. The normalized spacial score (nSPS) is 13.8. The molecule has 0 aliphatic carbocycles. The molecule has 0 saturated heterocycles. The van der Waals surface area contributed by atoms with E-state index < -0.39 is 30.2 Å². The first-order chi connectivity index (χ1) is 7.82. The number of hydrogen-bond donors (Lipinski definition) is 0. The van der Waals surface area contributed by atoms with E-state index in [1.807, 2.05) is 0 Å². The molecule has 0 fully saturated rings.